The molecule has 3 aromatic carbocycles. The van der Waals surface area contributed by atoms with Crippen molar-refractivity contribution in [2.24, 2.45) is 0 Å². The Morgan fingerprint density at radius 2 is 1.53 bits per heavy atom. The van der Waals surface area contributed by atoms with Crippen molar-refractivity contribution < 1.29 is 27.8 Å². The minimum Gasteiger partial charge on any atom is -0.336 e. The first-order chi connectivity index (χ1) is 24.0. The van der Waals surface area contributed by atoms with Gasteiger partial charge in [-0.05, 0) is 78.9 Å². The van der Waals surface area contributed by atoms with Gasteiger partial charge in [-0.2, -0.15) is 18.2 Å². The summed E-state index contributed by atoms with van der Waals surface area (Å²) in [7, 11) is 0. The number of rotatable bonds is 13. The summed E-state index contributed by atoms with van der Waals surface area (Å²) in [6.07, 6.45) is -2.94. The number of likely N-dealkylation sites (N-methyl/N-ethyl adjacent to an activating group) is 1. The maximum atomic E-state index is 14.3. The summed E-state index contributed by atoms with van der Waals surface area (Å²) in [5, 5.41) is -0.0477. The second-order valence-electron chi connectivity index (χ2n) is 11.1. The second kappa shape index (κ2) is 15.3. The zero-order valence-electron chi connectivity index (χ0n) is 30.1. The number of amides is 1. The van der Waals surface area contributed by atoms with Crippen LogP contribution in [0.5, 0.6) is 0 Å². The summed E-state index contributed by atoms with van der Waals surface area (Å²) in [6, 6.07) is 15.7. The Morgan fingerprint density at radius 1 is 0.915 bits per heavy atom. The maximum absolute atomic E-state index is 14.3. The van der Waals surface area contributed by atoms with Crippen LogP contribution >= 0.6 is 11.8 Å². The summed E-state index contributed by atoms with van der Waals surface area (Å²) >= 11 is 0.624. The third-order valence-corrected chi connectivity index (χ3v) is 8.96. The van der Waals surface area contributed by atoms with Gasteiger partial charge >= 0.3 is 6.18 Å². The number of alkyl halides is 3. The molecule has 5 rings (SSSR count). The SMILES string of the molecule is [2H]C([2H])(Sc1nc(=O)c2c(n1CC(=O)N(CCN(CC)CC)C([2H])([2H])c1ccc(-c3ccc(C(F)(F)F)cc3)cc1)CCC2)c1ccc(F)cc1. The van der Waals surface area contributed by atoms with E-state index in [0.717, 1.165) is 29.2 Å². The molecule has 1 aliphatic rings. The molecule has 0 N–H and O–H groups in total. The number of hydrogen-bond donors (Lipinski definition) is 0. The van der Waals surface area contributed by atoms with E-state index in [4.69, 9.17) is 2.74 Å². The Labute approximate surface area is 282 Å². The number of carbonyl (C=O) groups is 1. The van der Waals surface area contributed by atoms with Crippen molar-refractivity contribution in [3.8, 4) is 11.1 Å². The summed E-state index contributed by atoms with van der Waals surface area (Å²) < 4.78 is 90.3. The molecule has 6 nitrogen and oxygen atoms in total. The lowest BCUT2D eigenvalue weighted by Crippen LogP contribution is -2.40. The van der Waals surface area contributed by atoms with Crippen LogP contribution in [0.3, 0.4) is 0 Å². The normalized spacial score (nSPS) is 14.7. The van der Waals surface area contributed by atoms with E-state index in [0.29, 0.717) is 73.0 Å². The van der Waals surface area contributed by atoms with E-state index in [2.05, 4.69) is 4.98 Å². The fourth-order valence-corrected chi connectivity index (χ4v) is 6.20. The fraction of sp³-hybridized carbons (Fsp3) is 0.361. The van der Waals surface area contributed by atoms with E-state index >= 15 is 0 Å². The molecule has 0 unspecified atom stereocenters. The minimum atomic E-state index is -4.47. The molecule has 4 aromatic rings. The molecule has 11 heteroatoms. The van der Waals surface area contributed by atoms with Crippen molar-refractivity contribution in [1.29, 1.82) is 0 Å². The molecule has 1 aromatic heterocycles. The van der Waals surface area contributed by atoms with Crippen LogP contribution < -0.4 is 5.56 Å². The molecule has 0 saturated carbocycles. The first-order valence-corrected chi connectivity index (χ1v) is 16.3. The maximum Gasteiger partial charge on any atom is 0.416 e. The second-order valence-corrected chi connectivity index (χ2v) is 11.9. The van der Waals surface area contributed by atoms with Gasteiger partial charge in [0.25, 0.3) is 5.56 Å². The molecule has 0 atom stereocenters. The number of hydrogen-bond acceptors (Lipinski definition) is 5. The van der Waals surface area contributed by atoms with Crippen molar-refractivity contribution in [1.82, 2.24) is 19.4 Å². The van der Waals surface area contributed by atoms with Gasteiger partial charge in [-0.3, -0.25) is 9.59 Å². The highest BCUT2D eigenvalue weighted by molar-refractivity contribution is 7.98. The highest BCUT2D eigenvalue weighted by Crippen LogP contribution is 2.31. The smallest absolute Gasteiger partial charge is 0.336 e. The van der Waals surface area contributed by atoms with Crippen LogP contribution in [-0.2, 0) is 42.6 Å². The van der Waals surface area contributed by atoms with Gasteiger partial charge in [0.05, 0.1) is 8.30 Å². The first kappa shape index (κ1) is 29.2. The van der Waals surface area contributed by atoms with E-state index in [1.165, 1.54) is 41.0 Å². The highest BCUT2D eigenvalue weighted by Gasteiger charge is 2.30. The Hall–Kier alpha value is -3.96. The molecule has 0 saturated heterocycles. The molecule has 248 valence electrons. The van der Waals surface area contributed by atoms with Crippen molar-refractivity contribution in [2.45, 2.75) is 63.2 Å². The van der Waals surface area contributed by atoms with Gasteiger partial charge in [-0.1, -0.05) is 74.1 Å². The molecular weight excluding hydrogens is 628 g/mol. The summed E-state index contributed by atoms with van der Waals surface area (Å²) in [5.41, 5.74) is -1.10. The van der Waals surface area contributed by atoms with Gasteiger partial charge in [0.2, 0.25) is 5.91 Å². The number of halogens is 4. The van der Waals surface area contributed by atoms with Gasteiger partial charge in [0.15, 0.2) is 5.16 Å². The van der Waals surface area contributed by atoms with E-state index in [1.807, 2.05) is 18.7 Å². The zero-order valence-corrected chi connectivity index (χ0v) is 26.9. The highest BCUT2D eigenvalue weighted by atomic mass is 32.2. The molecule has 0 fully saturated rings. The molecule has 0 radical (unpaired) electrons. The van der Waals surface area contributed by atoms with E-state index < -0.39 is 47.8 Å². The summed E-state index contributed by atoms with van der Waals surface area (Å²) in [5.74, 6) is -1.16. The molecule has 47 heavy (non-hydrogen) atoms. The number of benzene rings is 3. The van der Waals surface area contributed by atoms with Crippen LogP contribution in [0.2, 0.25) is 0 Å². The number of fused-ring (bicyclic) bond motifs is 1. The van der Waals surface area contributed by atoms with Crippen LogP contribution in [0.25, 0.3) is 11.1 Å². The van der Waals surface area contributed by atoms with Gasteiger partial charge < -0.3 is 14.4 Å². The Kier molecular flexibility index (Phi) is 9.50. The van der Waals surface area contributed by atoms with Crippen LogP contribution in [-0.4, -0.2) is 51.4 Å². The fourth-order valence-electron chi connectivity index (χ4n) is 5.44. The number of aromatic nitrogens is 2. The topological polar surface area (TPSA) is 58.4 Å². The standard InChI is InChI=1S/C36H38F4N4O2S/c1-3-42(4-2)20-21-43(22-25-8-12-27(13-9-25)28-14-16-29(17-15-28)36(38,39)40)33(45)23-44-32-7-5-6-31(32)34(46)41-35(44)47-24-26-10-18-30(37)19-11-26/h8-19H,3-7,20-24H2,1-2H3/i22D2,24D2. The molecule has 0 spiro atoms. The van der Waals surface area contributed by atoms with Gasteiger partial charge in [0, 0.05) is 39.3 Å². The molecule has 0 bridgehead atoms. The zero-order chi connectivity index (χ0) is 37.1. The lowest BCUT2D eigenvalue weighted by Gasteiger charge is -2.28. The largest absolute Gasteiger partial charge is 0.416 e. The van der Waals surface area contributed by atoms with Crippen molar-refractivity contribution >= 4 is 17.7 Å². The number of thioether (sulfide) groups is 1. The van der Waals surface area contributed by atoms with Crippen molar-refractivity contribution in [3.63, 3.8) is 0 Å². The minimum absolute atomic E-state index is 0.00285. The summed E-state index contributed by atoms with van der Waals surface area (Å²) in [4.78, 5) is 34.7. The number of nitrogens with zero attached hydrogens (tertiary/aromatic N) is 4. The Balaban J connectivity index is 1.49. The average molecular weight is 671 g/mol. The monoisotopic (exact) mass is 670 g/mol. The first-order valence-electron chi connectivity index (χ1n) is 17.4. The van der Waals surface area contributed by atoms with E-state index in [9.17, 15) is 29.9 Å². The Bertz CT molecular complexity index is 1900. The van der Waals surface area contributed by atoms with E-state index in [-0.39, 0.29) is 22.8 Å². The Morgan fingerprint density at radius 3 is 2.15 bits per heavy atom. The molecule has 1 amide bonds. The summed E-state index contributed by atoms with van der Waals surface area (Å²) in [6.45, 7) is 2.85. The van der Waals surface area contributed by atoms with Crippen LogP contribution in [0.4, 0.5) is 17.6 Å². The lowest BCUT2D eigenvalue weighted by atomic mass is 10.0. The van der Waals surface area contributed by atoms with Crippen LogP contribution in [0, 0.1) is 5.82 Å². The van der Waals surface area contributed by atoms with Gasteiger partial charge in [-0.15, -0.1) is 0 Å². The predicted octanol–water partition coefficient (Wildman–Crippen LogP) is 7.22. The van der Waals surface area contributed by atoms with Crippen molar-refractivity contribution in [2.75, 3.05) is 26.2 Å². The molecule has 1 aliphatic carbocycles. The third-order valence-electron chi connectivity index (χ3n) is 8.13. The van der Waals surface area contributed by atoms with E-state index in [1.54, 1.807) is 12.1 Å². The van der Waals surface area contributed by atoms with Gasteiger partial charge in [0.1, 0.15) is 12.4 Å². The molecule has 0 aliphatic heterocycles. The van der Waals surface area contributed by atoms with Gasteiger partial charge in [-0.25, -0.2) is 4.39 Å². The lowest BCUT2D eigenvalue weighted by molar-refractivity contribution is -0.137. The van der Waals surface area contributed by atoms with Crippen LogP contribution in [0.1, 0.15) is 53.7 Å². The van der Waals surface area contributed by atoms with Crippen LogP contribution in [0.15, 0.2) is 82.7 Å². The third kappa shape index (κ3) is 8.70. The predicted molar refractivity (Wildman–Crippen MR) is 177 cm³/mol. The average Bonchev–Trinajstić information content (AvgIpc) is 3.59. The number of carbonyl (C=O) groups excluding carboxylic acids is 1. The molecular formula is C36H38F4N4O2S. The van der Waals surface area contributed by atoms with Crippen molar-refractivity contribution in [3.05, 3.63) is 117 Å². The quantitative estimate of drug-likeness (QED) is 0.0855. The molecule has 1 heterocycles.